The fraction of sp³-hybridized carbons (Fsp3) is 0.125. The van der Waals surface area contributed by atoms with Gasteiger partial charge in [0.25, 0.3) is 0 Å². The van der Waals surface area contributed by atoms with E-state index >= 15 is 0 Å². The lowest BCUT2D eigenvalue weighted by molar-refractivity contribution is 0.102. The first-order chi connectivity index (χ1) is 14.7. The SMILES string of the molecule is Cn1c(COc2ccccc2)nnc1SCC(=O)c1ccc(-c2ccccc2)cc1. The number of carbonyl (C=O) groups is 1. The number of ether oxygens (including phenoxy) is 1. The van der Waals surface area contributed by atoms with Gasteiger partial charge in [-0.25, -0.2) is 0 Å². The Hall–Kier alpha value is -3.38. The molecule has 0 saturated heterocycles. The summed E-state index contributed by atoms with van der Waals surface area (Å²) in [4.78, 5) is 12.6. The molecule has 0 aliphatic heterocycles. The van der Waals surface area contributed by atoms with Crippen LogP contribution in [0.25, 0.3) is 11.1 Å². The number of hydrogen-bond acceptors (Lipinski definition) is 5. The van der Waals surface area contributed by atoms with Crippen LogP contribution in [0.2, 0.25) is 0 Å². The van der Waals surface area contributed by atoms with Gasteiger partial charge in [0, 0.05) is 12.6 Å². The molecule has 3 aromatic carbocycles. The Bertz CT molecular complexity index is 1110. The molecular formula is C24H21N3O2S. The van der Waals surface area contributed by atoms with E-state index in [9.17, 15) is 4.79 Å². The molecule has 0 amide bonds. The molecule has 6 heteroatoms. The Kier molecular flexibility index (Phi) is 6.25. The van der Waals surface area contributed by atoms with Crippen molar-refractivity contribution in [2.45, 2.75) is 11.8 Å². The van der Waals surface area contributed by atoms with E-state index in [1.165, 1.54) is 11.8 Å². The molecule has 0 aliphatic carbocycles. The van der Waals surface area contributed by atoms with Gasteiger partial charge in [0.2, 0.25) is 0 Å². The maximum Gasteiger partial charge on any atom is 0.191 e. The van der Waals surface area contributed by atoms with E-state index in [1.807, 2.05) is 84.4 Å². The van der Waals surface area contributed by atoms with Gasteiger partial charge in [0.15, 0.2) is 16.8 Å². The molecule has 0 radical (unpaired) electrons. The molecule has 0 N–H and O–H groups in total. The third-order valence-electron chi connectivity index (χ3n) is 4.68. The van der Waals surface area contributed by atoms with Crippen molar-refractivity contribution in [1.29, 1.82) is 0 Å². The fourth-order valence-corrected chi connectivity index (χ4v) is 3.78. The Morgan fingerprint density at radius 1 is 0.867 bits per heavy atom. The summed E-state index contributed by atoms with van der Waals surface area (Å²) in [5.41, 5.74) is 2.92. The van der Waals surface area contributed by atoms with Crippen molar-refractivity contribution in [2.24, 2.45) is 7.05 Å². The normalized spacial score (nSPS) is 10.7. The van der Waals surface area contributed by atoms with Crippen LogP contribution in [0.1, 0.15) is 16.2 Å². The minimum absolute atomic E-state index is 0.0599. The van der Waals surface area contributed by atoms with Crippen molar-refractivity contribution in [3.63, 3.8) is 0 Å². The van der Waals surface area contributed by atoms with E-state index in [0.29, 0.717) is 28.9 Å². The molecule has 30 heavy (non-hydrogen) atoms. The molecule has 0 atom stereocenters. The zero-order valence-corrected chi connectivity index (χ0v) is 17.4. The van der Waals surface area contributed by atoms with Crippen LogP contribution >= 0.6 is 11.8 Å². The van der Waals surface area contributed by atoms with Gasteiger partial charge in [0.05, 0.1) is 5.75 Å². The van der Waals surface area contributed by atoms with Crippen LogP contribution in [0.5, 0.6) is 5.75 Å². The summed E-state index contributed by atoms with van der Waals surface area (Å²) in [5, 5.41) is 9.06. The van der Waals surface area contributed by atoms with E-state index in [4.69, 9.17) is 4.74 Å². The van der Waals surface area contributed by atoms with Crippen molar-refractivity contribution in [1.82, 2.24) is 14.8 Å². The first-order valence-corrected chi connectivity index (χ1v) is 10.6. The van der Waals surface area contributed by atoms with Crippen molar-refractivity contribution < 1.29 is 9.53 Å². The van der Waals surface area contributed by atoms with Gasteiger partial charge >= 0.3 is 0 Å². The van der Waals surface area contributed by atoms with Crippen LogP contribution in [0, 0.1) is 0 Å². The molecular weight excluding hydrogens is 394 g/mol. The standard InChI is InChI=1S/C24H21N3O2S/c1-27-23(16-29-21-10-6-3-7-11-21)25-26-24(27)30-17-22(28)20-14-12-19(13-15-20)18-8-4-2-5-9-18/h2-15H,16-17H2,1H3. The van der Waals surface area contributed by atoms with Crippen molar-refractivity contribution >= 4 is 17.5 Å². The van der Waals surface area contributed by atoms with E-state index in [0.717, 1.165) is 16.9 Å². The number of nitrogens with zero attached hydrogens (tertiary/aromatic N) is 3. The molecule has 0 spiro atoms. The number of thioether (sulfide) groups is 1. The molecule has 1 aromatic heterocycles. The number of ketones is 1. The van der Waals surface area contributed by atoms with Crippen molar-refractivity contribution in [3.05, 3.63) is 96.3 Å². The number of Topliss-reactive ketones (excluding diaryl/α,β-unsaturated/α-hetero) is 1. The lowest BCUT2D eigenvalue weighted by Crippen LogP contribution is -2.06. The second-order valence-electron chi connectivity index (χ2n) is 6.71. The highest BCUT2D eigenvalue weighted by molar-refractivity contribution is 7.99. The van der Waals surface area contributed by atoms with Gasteiger partial charge in [0.1, 0.15) is 12.4 Å². The Labute approximate surface area is 179 Å². The largest absolute Gasteiger partial charge is 0.486 e. The summed E-state index contributed by atoms with van der Waals surface area (Å²) in [6.07, 6.45) is 0. The lowest BCUT2D eigenvalue weighted by atomic mass is 10.0. The quantitative estimate of drug-likeness (QED) is 0.298. The summed E-state index contributed by atoms with van der Waals surface area (Å²) in [7, 11) is 1.88. The van der Waals surface area contributed by atoms with Crippen LogP contribution in [0.3, 0.4) is 0 Å². The third kappa shape index (κ3) is 4.78. The van der Waals surface area contributed by atoms with Gasteiger partial charge in [-0.3, -0.25) is 4.79 Å². The minimum atomic E-state index is 0.0599. The number of hydrogen-bond donors (Lipinski definition) is 0. The average Bonchev–Trinajstić information content (AvgIpc) is 3.16. The van der Waals surface area contributed by atoms with E-state index in [2.05, 4.69) is 22.3 Å². The Morgan fingerprint density at radius 2 is 1.50 bits per heavy atom. The van der Waals surface area contributed by atoms with Crippen LogP contribution in [0.4, 0.5) is 0 Å². The summed E-state index contributed by atoms with van der Waals surface area (Å²) in [6.45, 7) is 0.322. The smallest absolute Gasteiger partial charge is 0.191 e. The maximum atomic E-state index is 12.6. The predicted octanol–water partition coefficient (Wildman–Crippen LogP) is 5.04. The summed E-state index contributed by atoms with van der Waals surface area (Å²) in [5.74, 6) is 1.85. The van der Waals surface area contributed by atoms with E-state index in [1.54, 1.807) is 0 Å². The second-order valence-corrected chi connectivity index (χ2v) is 7.66. The molecule has 5 nitrogen and oxygen atoms in total. The molecule has 0 aliphatic rings. The van der Waals surface area contributed by atoms with Crippen molar-refractivity contribution in [3.8, 4) is 16.9 Å². The number of aromatic nitrogens is 3. The number of para-hydroxylation sites is 1. The summed E-state index contributed by atoms with van der Waals surface area (Å²) >= 11 is 1.38. The first kappa shape index (κ1) is 19.9. The molecule has 1 heterocycles. The summed E-state index contributed by atoms with van der Waals surface area (Å²) in [6, 6.07) is 27.4. The van der Waals surface area contributed by atoms with Gasteiger partial charge in [-0.05, 0) is 23.3 Å². The molecule has 4 aromatic rings. The highest BCUT2D eigenvalue weighted by atomic mass is 32.2. The number of benzene rings is 3. The van der Waals surface area contributed by atoms with Gasteiger partial charge < -0.3 is 9.30 Å². The van der Waals surface area contributed by atoms with Crippen LogP contribution in [-0.2, 0) is 13.7 Å². The lowest BCUT2D eigenvalue weighted by Gasteiger charge is -2.06. The molecule has 0 bridgehead atoms. The van der Waals surface area contributed by atoms with Gasteiger partial charge in [-0.2, -0.15) is 0 Å². The van der Waals surface area contributed by atoms with Crippen molar-refractivity contribution in [2.75, 3.05) is 5.75 Å². The zero-order chi connectivity index (χ0) is 20.8. The number of rotatable bonds is 8. The van der Waals surface area contributed by atoms with E-state index < -0.39 is 0 Å². The molecule has 4 rings (SSSR count). The topological polar surface area (TPSA) is 57.0 Å². The monoisotopic (exact) mass is 415 g/mol. The first-order valence-electron chi connectivity index (χ1n) is 9.58. The highest BCUT2D eigenvalue weighted by Gasteiger charge is 2.13. The van der Waals surface area contributed by atoms with Gasteiger partial charge in [-0.1, -0.05) is 84.6 Å². The third-order valence-corrected chi connectivity index (χ3v) is 5.70. The van der Waals surface area contributed by atoms with E-state index in [-0.39, 0.29) is 5.78 Å². The average molecular weight is 416 g/mol. The molecule has 0 fully saturated rings. The summed E-state index contributed by atoms with van der Waals surface area (Å²) < 4.78 is 7.59. The van der Waals surface area contributed by atoms with Crippen LogP contribution in [0.15, 0.2) is 90.1 Å². The highest BCUT2D eigenvalue weighted by Crippen LogP contribution is 2.22. The van der Waals surface area contributed by atoms with Crippen LogP contribution < -0.4 is 4.74 Å². The molecule has 0 saturated carbocycles. The zero-order valence-electron chi connectivity index (χ0n) is 16.6. The predicted molar refractivity (Wildman–Crippen MR) is 119 cm³/mol. The molecule has 150 valence electrons. The number of carbonyl (C=O) groups excluding carboxylic acids is 1. The second kappa shape index (κ2) is 9.41. The Morgan fingerprint density at radius 3 is 2.20 bits per heavy atom. The molecule has 0 unspecified atom stereocenters. The fourth-order valence-electron chi connectivity index (χ4n) is 2.95. The van der Waals surface area contributed by atoms with Crippen LogP contribution in [-0.4, -0.2) is 26.3 Å². The minimum Gasteiger partial charge on any atom is -0.486 e. The maximum absolute atomic E-state index is 12.6. The Balaban J connectivity index is 1.34. The van der Waals surface area contributed by atoms with Gasteiger partial charge in [-0.15, -0.1) is 10.2 Å².